The zero-order chi connectivity index (χ0) is 23.1. The number of likely N-dealkylation sites (tertiary alicyclic amines) is 1. The molecule has 2 fully saturated rings. The van der Waals surface area contributed by atoms with E-state index >= 15 is 0 Å². The summed E-state index contributed by atoms with van der Waals surface area (Å²) >= 11 is 0. The molecule has 3 N–H and O–H groups in total. The van der Waals surface area contributed by atoms with Crippen LogP contribution in [0.1, 0.15) is 75.7 Å². The van der Waals surface area contributed by atoms with E-state index in [1.54, 1.807) is 0 Å². The molecule has 0 radical (unpaired) electrons. The number of carbonyl (C=O) groups excluding carboxylic acids is 2. The zero-order valence-electron chi connectivity index (χ0n) is 20.0. The summed E-state index contributed by atoms with van der Waals surface area (Å²) in [6, 6.07) is 7.81. The van der Waals surface area contributed by atoms with Gasteiger partial charge in [-0.05, 0) is 64.7 Å². The molecule has 1 aromatic carbocycles. The largest absolute Gasteiger partial charge is 0.357 e. The van der Waals surface area contributed by atoms with Crippen LogP contribution >= 0.6 is 0 Å². The van der Waals surface area contributed by atoms with Crippen molar-refractivity contribution in [3.63, 3.8) is 0 Å². The molecule has 1 unspecified atom stereocenters. The predicted octanol–water partition coefficient (Wildman–Crippen LogP) is 3.06. The van der Waals surface area contributed by atoms with Crippen molar-refractivity contribution in [1.29, 1.82) is 0 Å². The maximum Gasteiger partial charge on any atom is 0.251 e. The van der Waals surface area contributed by atoms with E-state index in [-0.39, 0.29) is 23.4 Å². The molecule has 1 saturated heterocycles. The van der Waals surface area contributed by atoms with E-state index in [2.05, 4.69) is 16.0 Å². The highest BCUT2D eigenvalue weighted by molar-refractivity contribution is 5.94. The van der Waals surface area contributed by atoms with Crippen molar-refractivity contribution in [2.45, 2.75) is 77.9 Å². The Bertz CT molecular complexity index is 824. The van der Waals surface area contributed by atoms with Crippen molar-refractivity contribution in [3.05, 3.63) is 35.4 Å². The van der Waals surface area contributed by atoms with Crippen LogP contribution in [0.5, 0.6) is 0 Å². The van der Waals surface area contributed by atoms with Crippen molar-refractivity contribution in [2.24, 2.45) is 10.9 Å². The highest BCUT2D eigenvalue weighted by Crippen LogP contribution is 2.27. The quantitative estimate of drug-likeness (QED) is 0.468. The van der Waals surface area contributed by atoms with Crippen LogP contribution in [0.25, 0.3) is 0 Å². The predicted molar refractivity (Wildman–Crippen MR) is 129 cm³/mol. The van der Waals surface area contributed by atoms with Gasteiger partial charge in [0.25, 0.3) is 5.91 Å². The van der Waals surface area contributed by atoms with Gasteiger partial charge in [-0.2, -0.15) is 0 Å². The lowest BCUT2D eigenvalue weighted by Gasteiger charge is -2.21. The average Bonchev–Trinajstić information content (AvgIpc) is 3.43. The van der Waals surface area contributed by atoms with E-state index in [0.717, 1.165) is 50.4 Å². The standard InChI is InChI=1S/C25H39N5O2/c1-5-26-24(28-21-13-14-30(17-21)23(32)19-10-6-7-11-19)27-16-18-9-8-12-20(15-18)22(31)29-25(2,3)4/h8-9,12,15,19,21H,5-7,10-11,13-14,16-17H2,1-4H3,(H,29,31)(H2,26,27,28). The Morgan fingerprint density at radius 3 is 2.59 bits per heavy atom. The molecular formula is C25H39N5O2. The topological polar surface area (TPSA) is 85.8 Å². The second-order valence-electron chi connectivity index (χ2n) is 10.00. The van der Waals surface area contributed by atoms with Crippen LogP contribution < -0.4 is 16.0 Å². The molecule has 2 aliphatic rings. The van der Waals surface area contributed by atoms with Crippen molar-refractivity contribution < 1.29 is 9.59 Å². The van der Waals surface area contributed by atoms with Crippen LogP contribution in [0.3, 0.4) is 0 Å². The van der Waals surface area contributed by atoms with Crippen molar-refractivity contribution in [1.82, 2.24) is 20.9 Å². The SMILES string of the molecule is CCNC(=NCc1cccc(C(=O)NC(C)(C)C)c1)NC1CCN(C(=O)C2CCCC2)C1. The van der Waals surface area contributed by atoms with Crippen molar-refractivity contribution >= 4 is 17.8 Å². The molecule has 176 valence electrons. The Hall–Kier alpha value is -2.57. The van der Waals surface area contributed by atoms with Crippen molar-refractivity contribution in [2.75, 3.05) is 19.6 Å². The Morgan fingerprint density at radius 2 is 1.91 bits per heavy atom. The van der Waals surface area contributed by atoms with Gasteiger partial charge in [-0.1, -0.05) is 25.0 Å². The van der Waals surface area contributed by atoms with Crippen molar-refractivity contribution in [3.8, 4) is 0 Å². The van der Waals surface area contributed by atoms with Gasteiger partial charge in [-0.15, -0.1) is 0 Å². The molecule has 1 heterocycles. The van der Waals surface area contributed by atoms with Crippen LogP contribution in [-0.2, 0) is 11.3 Å². The normalized spacial score (nSPS) is 19.8. The number of nitrogens with one attached hydrogen (secondary N) is 3. The third kappa shape index (κ3) is 6.97. The molecule has 1 aliphatic carbocycles. The van der Waals surface area contributed by atoms with Gasteiger partial charge in [-0.25, -0.2) is 4.99 Å². The minimum Gasteiger partial charge on any atom is -0.357 e. The molecule has 2 amide bonds. The third-order valence-electron chi connectivity index (χ3n) is 5.99. The van der Waals surface area contributed by atoms with Gasteiger partial charge in [0.15, 0.2) is 5.96 Å². The molecule has 1 aromatic rings. The molecule has 1 aliphatic heterocycles. The molecule has 1 saturated carbocycles. The number of amides is 2. The highest BCUT2D eigenvalue weighted by atomic mass is 16.2. The second-order valence-corrected chi connectivity index (χ2v) is 10.00. The first-order valence-corrected chi connectivity index (χ1v) is 12.0. The molecule has 7 heteroatoms. The fourth-order valence-electron chi connectivity index (χ4n) is 4.42. The van der Waals surface area contributed by atoms with Gasteiger partial charge in [0, 0.05) is 42.7 Å². The number of aliphatic imine (C=N–C) groups is 1. The lowest BCUT2D eigenvalue weighted by atomic mass is 10.1. The fourth-order valence-corrected chi connectivity index (χ4v) is 4.42. The number of guanidine groups is 1. The van der Waals surface area contributed by atoms with Crippen LogP contribution in [0.15, 0.2) is 29.3 Å². The fraction of sp³-hybridized carbons (Fsp3) is 0.640. The summed E-state index contributed by atoms with van der Waals surface area (Å²) in [6.45, 7) is 10.7. The van der Waals surface area contributed by atoms with E-state index in [4.69, 9.17) is 4.99 Å². The Kier molecular flexibility index (Phi) is 8.15. The number of benzene rings is 1. The second kappa shape index (κ2) is 10.8. The first-order valence-electron chi connectivity index (χ1n) is 12.0. The number of rotatable bonds is 6. The van der Waals surface area contributed by atoms with Gasteiger partial charge in [-0.3, -0.25) is 9.59 Å². The van der Waals surface area contributed by atoms with Gasteiger partial charge < -0.3 is 20.9 Å². The lowest BCUT2D eigenvalue weighted by molar-refractivity contribution is -0.134. The van der Waals surface area contributed by atoms with E-state index in [1.165, 1.54) is 12.8 Å². The Morgan fingerprint density at radius 1 is 1.16 bits per heavy atom. The first-order chi connectivity index (χ1) is 15.2. The monoisotopic (exact) mass is 441 g/mol. The summed E-state index contributed by atoms with van der Waals surface area (Å²) in [5.74, 6) is 1.24. The Labute approximate surface area is 192 Å². The molecular weight excluding hydrogens is 402 g/mol. The molecule has 0 bridgehead atoms. The van der Waals surface area contributed by atoms with E-state index < -0.39 is 0 Å². The smallest absolute Gasteiger partial charge is 0.251 e. The maximum absolute atomic E-state index is 12.7. The van der Waals surface area contributed by atoms with E-state index in [9.17, 15) is 9.59 Å². The summed E-state index contributed by atoms with van der Waals surface area (Å²) in [4.78, 5) is 31.9. The average molecular weight is 442 g/mol. The van der Waals surface area contributed by atoms with Gasteiger partial charge >= 0.3 is 0 Å². The first kappa shape index (κ1) is 24.1. The number of hydrogen-bond donors (Lipinski definition) is 3. The van der Waals surface area contributed by atoms with Gasteiger partial charge in [0.05, 0.1) is 6.54 Å². The molecule has 0 spiro atoms. The Balaban J connectivity index is 1.58. The van der Waals surface area contributed by atoms with Crippen LogP contribution in [0.4, 0.5) is 0 Å². The molecule has 0 aromatic heterocycles. The maximum atomic E-state index is 12.7. The summed E-state index contributed by atoms with van der Waals surface area (Å²) < 4.78 is 0. The molecule has 1 atom stereocenters. The zero-order valence-corrected chi connectivity index (χ0v) is 20.0. The molecule has 32 heavy (non-hydrogen) atoms. The highest BCUT2D eigenvalue weighted by Gasteiger charge is 2.32. The van der Waals surface area contributed by atoms with Crippen LogP contribution in [-0.4, -0.2) is 53.9 Å². The molecule has 7 nitrogen and oxygen atoms in total. The van der Waals surface area contributed by atoms with Crippen LogP contribution in [0, 0.1) is 5.92 Å². The summed E-state index contributed by atoms with van der Waals surface area (Å²) in [7, 11) is 0. The lowest BCUT2D eigenvalue weighted by Crippen LogP contribution is -2.45. The number of nitrogens with zero attached hydrogens (tertiary/aromatic N) is 2. The van der Waals surface area contributed by atoms with Crippen LogP contribution in [0.2, 0.25) is 0 Å². The minimum atomic E-state index is -0.276. The number of hydrogen-bond acceptors (Lipinski definition) is 3. The van der Waals surface area contributed by atoms with E-state index in [1.807, 2.05) is 56.9 Å². The number of carbonyl (C=O) groups is 2. The summed E-state index contributed by atoms with van der Waals surface area (Å²) in [5, 5.41) is 9.80. The minimum absolute atomic E-state index is 0.0775. The third-order valence-corrected chi connectivity index (χ3v) is 5.99. The molecule has 3 rings (SSSR count). The summed E-state index contributed by atoms with van der Waals surface area (Å²) in [6.07, 6.45) is 5.39. The van der Waals surface area contributed by atoms with Gasteiger partial charge in [0.1, 0.15) is 0 Å². The van der Waals surface area contributed by atoms with Gasteiger partial charge in [0.2, 0.25) is 5.91 Å². The van der Waals surface area contributed by atoms with E-state index in [0.29, 0.717) is 18.0 Å². The summed E-state index contributed by atoms with van der Waals surface area (Å²) in [5.41, 5.74) is 1.34.